The highest BCUT2D eigenvalue weighted by atomic mass is 19.3. The topological polar surface area (TPSA) is 137 Å². The van der Waals surface area contributed by atoms with Crippen molar-refractivity contribution in [1.82, 2.24) is 35.5 Å². The number of hydrogen-bond acceptors (Lipinski definition) is 7. The average molecular weight is 722 g/mol. The van der Waals surface area contributed by atoms with Gasteiger partial charge in [0.05, 0.1) is 48.2 Å². The third-order valence-electron chi connectivity index (χ3n) is 11.8. The van der Waals surface area contributed by atoms with Crippen LogP contribution in [0, 0.1) is 5.92 Å². The maximum atomic E-state index is 16.4. The predicted molar refractivity (Wildman–Crippen MR) is 194 cm³/mol. The minimum absolute atomic E-state index is 0.0236. The van der Waals surface area contributed by atoms with E-state index in [-0.39, 0.29) is 29.1 Å². The van der Waals surface area contributed by atoms with Gasteiger partial charge in [-0.3, -0.25) is 4.79 Å². The number of aromatic amines is 2. The molecular formula is C40H41F2N7O4. The Labute approximate surface area is 304 Å². The van der Waals surface area contributed by atoms with E-state index >= 15 is 8.78 Å². The maximum Gasteiger partial charge on any atom is 0.407 e. The van der Waals surface area contributed by atoms with Crippen LogP contribution in [0.5, 0.6) is 0 Å². The van der Waals surface area contributed by atoms with Crippen LogP contribution in [-0.4, -0.2) is 75.8 Å². The van der Waals surface area contributed by atoms with Crippen molar-refractivity contribution >= 4 is 23.0 Å². The number of likely N-dealkylation sites (tertiary alicyclic amines) is 1. The quantitative estimate of drug-likeness (QED) is 0.136. The molecule has 9 rings (SSSR count). The van der Waals surface area contributed by atoms with Gasteiger partial charge >= 0.3 is 6.09 Å². The number of piperidine rings is 1. The third kappa shape index (κ3) is 5.59. The Morgan fingerprint density at radius 1 is 0.943 bits per heavy atom. The van der Waals surface area contributed by atoms with Crippen molar-refractivity contribution in [3.63, 3.8) is 0 Å². The molecule has 4 aliphatic rings. The smallest absolute Gasteiger partial charge is 0.407 e. The molecule has 2 amide bonds. The molecule has 4 N–H and O–H groups in total. The number of benzene rings is 3. The Bertz CT molecular complexity index is 2250. The Morgan fingerprint density at radius 3 is 2.40 bits per heavy atom. The van der Waals surface area contributed by atoms with Gasteiger partial charge in [-0.25, -0.2) is 14.8 Å². The number of alkyl halides is 2. The number of nitrogens with one attached hydrogen (secondary N) is 4. The molecule has 5 aromatic rings. The van der Waals surface area contributed by atoms with E-state index in [0.717, 1.165) is 28.8 Å². The lowest BCUT2D eigenvalue weighted by Crippen LogP contribution is -2.54. The second-order valence-electron chi connectivity index (χ2n) is 14.8. The number of rotatable bonds is 8. The van der Waals surface area contributed by atoms with Crippen molar-refractivity contribution in [3.05, 3.63) is 83.6 Å². The average Bonchev–Trinajstić information content (AvgIpc) is 4.04. The fraction of sp³-hybridized carbons (Fsp3) is 0.400. The number of imidazole rings is 2. The van der Waals surface area contributed by atoms with E-state index in [1.165, 1.54) is 39.5 Å². The highest BCUT2D eigenvalue weighted by Crippen LogP contribution is 2.53. The summed E-state index contributed by atoms with van der Waals surface area (Å²) in [4.78, 5) is 43.6. The molecule has 13 heteroatoms. The molecule has 0 spiro atoms. The lowest BCUT2D eigenvalue weighted by molar-refractivity contribution is -0.137. The number of ether oxygens (including phenoxy) is 2. The van der Waals surface area contributed by atoms with Gasteiger partial charge in [-0.05, 0) is 91.5 Å². The molecule has 3 fully saturated rings. The number of halogens is 2. The zero-order chi connectivity index (χ0) is 36.6. The molecule has 53 heavy (non-hydrogen) atoms. The van der Waals surface area contributed by atoms with Gasteiger partial charge in [-0.15, -0.1) is 0 Å². The number of aromatic nitrogens is 4. The summed E-state index contributed by atoms with van der Waals surface area (Å²) >= 11 is 0. The van der Waals surface area contributed by atoms with E-state index < -0.39 is 24.2 Å². The minimum atomic E-state index is -3.22. The van der Waals surface area contributed by atoms with E-state index in [1.54, 1.807) is 36.2 Å². The number of H-pyrrole nitrogens is 2. The largest absolute Gasteiger partial charge is 0.453 e. The van der Waals surface area contributed by atoms with Crippen molar-refractivity contribution in [1.29, 1.82) is 0 Å². The number of methoxy groups -OCH3 is 2. The van der Waals surface area contributed by atoms with Crippen LogP contribution in [0.2, 0.25) is 0 Å². The van der Waals surface area contributed by atoms with Gasteiger partial charge in [0.2, 0.25) is 5.91 Å². The number of carbonyl (C=O) groups excluding carboxylic acids is 2. The lowest BCUT2D eigenvalue weighted by Gasteiger charge is -2.30. The molecule has 2 aromatic heterocycles. The van der Waals surface area contributed by atoms with E-state index in [0.29, 0.717) is 58.7 Å². The number of alkyl carbamates (subject to hydrolysis) is 1. The minimum Gasteiger partial charge on any atom is -0.453 e. The van der Waals surface area contributed by atoms with Gasteiger partial charge in [-0.1, -0.05) is 30.3 Å². The summed E-state index contributed by atoms with van der Waals surface area (Å²) in [7, 11) is 2.70. The van der Waals surface area contributed by atoms with Crippen LogP contribution in [-0.2, 0) is 20.2 Å². The van der Waals surface area contributed by atoms with Crippen LogP contribution < -0.4 is 10.6 Å². The van der Waals surface area contributed by atoms with E-state index in [2.05, 4.69) is 25.6 Å². The van der Waals surface area contributed by atoms with Crippen LogP contribution in [0.15, 0.2) is 60.8 Å². The fourth-order valence-electron chi connectivity index (χ4n) is 8.94. The Morgan fingerprint density at radius 2 is 1.68 bits per heavy atom. The Hall–Kier alpha value is -5.14. The van der Waals surface area contributed by atoms with Crippen LogP contribution >= 0.6 is 0 Å². The summed E-state index contributed by atoms with van der Waals surface area (Å²) < 4.78 is 42.8. The molecule has 6 atom stereocenters. The first kappa shape index (κ1) is 33.7. The van der Waals surface area contributed by atoms with Crippen LogP contribution in [0.25, 0.3) is 44.5 Å². The van der Waals surface area contributed by atoms with E-state index in [1.807, 2.05) is 30.3 Å². The molecule has 4 heterocycles. The molecule has 1 saturated carbocycles. The van der Waals surface area contributed by atoms with Gasteiger partial charge in [0.25, 0.3) is 5.92 Å². The third-order valence-corrected chi connectivity index (χ3v) is 11.8. The molecule has 11 nitrogen and oxygen atoms in total. The van der Waals surface area contributed by atoms with Gasteiger partial charge in [0.1, 0.15) is 17.7 Å². The van der Waals surface area contributed by atoms with Crippen molar-refractivity contribution < 1.29 is 27.8 Å². The molecular weight excluding hydrogens is 680 g/mol. The Kier molecular flexibility index (Phi) is 8.11. The predicted octanol–water partition coefficient (Wildman–Crippen LogP) is 6.98. The van der Waals surface area contributed by atoms with Gasteiger partial charge < -0.3 is 35.0 Å². The van der Waals surface area contributed by atoms with Crippen LogP contribution in [0.1, 0.15) is 73.9 Å². The molecule has 2 aliphatic carbocycles. The summed E-state index contributed by atoms with van der Waals surface area (Å²) in [5.74, 6) is -1.44. The maximum absolute atomic E-state index is 16.4. The second-order valence-corrected chi connectivity index (χ2v) is 14.8. The molecule has 2 saturated heterocycles. The van der Waals surface area contributed by atoms with Gasteiger partial charge in [0.15, 0.2) is 0 Å². The second kappa shape index (κ2) is 12.8. The Balaban J connectivity index is 0.960. The van der Waals surface area contributed by atoms with Crippen LogP contribution in [0.3, 0.4) is 0 Å². The monoisotopic (exact) mass is 721 g/mol. The SMILES string of the molecule is COC(=O)N[C@H](C(=O)N1CCC[C@H]1c1ncc(-c2ccc3c(c2)C(F)(F)c2cc(-c4ccc5nc([C@H]6NC7CCC6C7)[nH]c5c4)ccc2-3)[nH]1)[C@@H](C)OC. The molecule has 2 aliphatic heterocycles. The number of hydrogen-bond donors (Lipinski definition) is 4. The summed E-state index contributed by atoms with van der Waals surface area (Å²) in [6.07, 6.45) is 5.30. The standard InChI is InChI=1S/C40H41F2N7O4/c1-20(52-2)34(48-39(51)53-3)38(50)49-14-4-5-33(49)36-43-19-32(47-36)23-8-12-27-26-11-7-21(16-28(26)40(41,42)29(27)17-23)22-9-13-30-31(18-22)46-37(45-30)35-24-6-10-25(15-24)44-35/h7-9,11-13,16-20,24-25,33-35,44H,4-6,10,14-15H2,1-3H3,(H,43,47)(H,45,46)(H,48,51)/t20-,24?,25?,33+,34+,35+/m1/s1. The normalized spacial score (nSPS) is 23.6. The lowest BCUT2D eigenvalue weighted by atomic mass is 9.98. The molecule has 3 aromatic carbocycles. The number of carbonyl (C=O) groups is 2. The first-order valence-corrected chi connectivity index (χ1v) is 18.3. The fourth-order valence-corrected chi connectivity index (χ4v) is 8.94. The van der Waals surface area contributed by atoms with E-state index in [9.17, 15) is 9.59 Å². The molecule has 0 radical (unpaired) electrons. The summed E-state index contributed by atoms with van der Waals surface area (Å²) in [5.41, 5.74) is 5.38. The number of fused-ring (bicyclic) bond motifs is 6. The van der Waals surface area contributed by atoms with Crippen molar-refractivity contribution in [2.24, 2.45) is 5.92 Å². The van der Waals surface area contributed by atoms with Crippen molar-refractivity contribution in [2.45, 2.75) is 75.2 Å². The summed E-state index contributed by atoms with van der Waals surface area (Å²) in [6, 6.07) is 15.8. The number of nitrogens with zero attached hydrogens (tertiary/aromatic N) is 3. The number of amides is 2. The molecule has 2 unspecified atom stereocenters. The molecule has 274 valence electrons. The first-order chi connectivity index (χ1) is 25.6. The summed E-state index contributed by atoms with van der Waals surface area (Å²) in [5, 5.41) is 6.28. The van der Waals surface area contributed by atoms with E-state index in [4.69, 9.17) is 14.5 Å². The zero-order valence-corrected chi connectivity index (χ0v) is 29.7. The highest BCUT2D eigenvalue weighted by Gasteiger charge is 2.45. The first-order valence-electron chi connectivity index (χ1n) is 18.3. The molecule has 2 bridgehead atoms. The van der Waals surface area contributed by atoms with Gasteiger partial charge in [-0.2, -0.15) is 8.78 Å². The van der Waals surface area contributed by atoms with Crippen molar-refractivity contribution in [2.75, 3.05) is 20.8 Å². The zero-order valence-electron chi connectivity index (χ0n) is 29.7. The summed E-state index contributed by atoms with van der Waals surface area (Å²) in [6.45, 7) is 2.17. The van der Waals surface area contributed by atoms with Gasteiger partial charge in [0, 0.05) is 36.4 Å². The van der Waals surface area contributed by atoms with Crippen LogP contribution in [0.4, 0.5) is 13.6 Å². The highest BCUT2D eigenvalue weighted by molar-refractivity contribution is 5.88. The van der Waals surface area contributed by atoms with Crippen molar-refractivity contribution in [3.8, 4) is 33.5 Å².